The number of carbonyl (C=O) groups excluding carboxylic acids is 1. The van der Waals surface area contributed by atoms with E-state index >= 15 is 0 Å². The SMILES string of the molecule is Cc1ccccc1OCCOc1ccc(Cl)cc1/C=N\NC(=O)Nc1ccccc1. The molecule has 0 unspecified atom stereocenters. The summed E-state index contributed by atoms with van der Waals surface area (Å²) in [5.41, 5.74) is 4.79. The van der Waals surface area contributed by atoms with Crippen molar-refractivity contribution in [1.82, 2.24) is 5.43 Å². The third-order valence-corrected chi connectivity index (χ3v) is 4.30. The van der Waals surface area contributed by atoms with Crippen LogP contribution in [0.4, 0.5) is 10.5 Å². The first-order chi connectivity index (χ1) is 14.6. The fourth-order valence-corrected chi connectivity index (χ4v) is 2.79. The highest BCUT2D eigenvalue weighted by molar-refractivity contribution is 6.30. The van der Waals surface area contributed by atoms with Crippen LogP contribution in [0.3, 0.4) is 0 Å². The molecule has 0 aliphatic heterocycles. The van der Waals surface area contributed by atoms with Gasteiger partial charge in [-0.05, 0) is 48.9 Å². The summed E-state index contributed by atoms with van der Waals surface area (Å²) >= 11 is 6.08. The van der Waals surface area contributed by atoms with Crippen molar-refractivity contribution in [3.63, 3.8) is 0 Å². The lowest BCUT2D eigenvalue weighted by molar-refractivity contribution is 0.216. The summed E-state index contributed by atoms with van der Waals surface area (Å²) in [5, 5.41) is 7.18. The number of halogens is 1. The van der Waals surface area contributed by atoms with E-state index in [0.29, 0.717) is 35.2 Å². The molecule has 0 aliphatic rings. The Morgan fingerprint density at radius 2 is 1.67 bits per heavy atom. The first-order valence-electron chi connectivity index (χ1n) is 9.38. The van der Waals surface area contributed by atoms with Gasteiger partial charge >= 0.3 is 6.03 Å². The summed E-state index contributed by atoms with van der Waals surface area (Å²) in [5.74, 6) is 1.41. The number of ether oxygens (including phenoxy) is 2. The number of nitrogens with one attached hydrogen (secondary N) is 2. The van der Waals surface area contributed by atoms with Gasteiger partial charge in [-0.25, -0.2) is 10.2 Å². The second-order valence-corrected chi connectivity index (χ2v) is 6.77. The molecule has 3 rings (SSSR count). The first-order valence-corrected chi connectivity index (χ1v) is 9.75. The number of carbonyl (C=O) groups is 1. The van der Waals surface area contributed by atoms with Gasteiger partial charge in [0, 0.05) is 16.3 Å². The fraction of sp³-hybridized carbons (Fsp3) is 0.130. The van der Waals surface area contributed by atoms with Gasteiger partial charge in [-0.1, -0.05) is 48.0 Å². The normalized spacial score (nSPS) is 10.6. The third kappa shape index (κ3) is 6.53. The number of urea groups is 1. The number of hydrogen-bond donors (Lipinski definition) is 2. The zero-order valence-electron chi connectivity index (χ0n) is 16.5. The maximum absolute atomic E-state index is 11.9. The Hall–Kier alpha value is -3.51. The number of aryl methyl sites for hydroxylation is 1. The Bertz CT molecular complexity index is 1010. The summed E-state index contributed by atoms with van der Waals surface area (Å²) in [6, 6.07) is 21.6. The minimum atomic E-state index is -0.450. The smallest absolute Gasteiger partial charge is 0.339 e. The Kier molecular flexibility index (Phi) is 7.69. The summed E-state index contributed by atoms with van der Waals surface area (Å²) < 4.78 is 11.5. The molecule has 0 radical (unpaired) electrons. The second kappa shape index (κ2) is 10.9. The predicted molar refractivity (Wildman–Crippen MR) is 120 cm³/mol. The van der Waals surface area contributed by atoms with Crippen LogP contribution in [0.5, 0.6) is 11.5 Å². The van der Waals surface area contributed by atoms with Crippen LogP contribution in [0.2, 0.25) is 5.02 Å². The molecule has 6 nitrogen and oxygen atoms in total. The van der Waals surface area contributed by atoms with E-state index in [0.717, 1.165) is 11.3 Å². The minimum absolute atomic E-state index is 0.346. The zero-order valence-corrected chi connectivity index (χ0v) is 17.2. The highest BCUT2D eigenvalue weighted by Crippen LogP contribution is 2.22. The van der Waals surface area contributed by atoms with E-state index in [4.69, 9.17) is 21.1 Å². The molecule has 0 atom stereocenters. The minimum Gasteiger partial charge on any atom is -0.490 e. The molecule has 3 aromatic carbocycles. The lowest BCUT2D eigenvalue weighted by Gasteiger charge is -2.12. The van der Waals surface area contributed by atoms with Crippen LogP contribution in [-0.2, 0) is 0 Å². The van der Waals surface area contributed by atoms with Gasteiger partial charge in [0.05, 0.1) is 6.21 Å². The van der Waals surface area contributed by atoms with Gasteiger partial charge in [-0.2, -0.15) is 5.10 Å². The average Bonchev–Trinajstić information content (AvgIpc) is 2.74. The van der Waals surface area contributed by atoms with Crippen molar-refractivity contribution in [2.75, 3.05) is 18.5 Å². The van der Waals surface area contributed by atoms with Gasteiger partial charge in [-0.15, -0.1) is 0 Å². The van der Waals surface area contributed by atoms with Gasteiger partial charge in [0.1, 0.15) is 24.7 Å². The van der Waals surface area contributed by atoms with E-state index in [2.05, 4.69) is 15.8 Å². The van der Waals surface area contributed by atoms with Crippen LogP contribution in [-0.4, -0.2) is 25.5 Å². The topological polar surface area (TPSA) is 72.0 Å². The molecule has 0 aromatic heterocycles. The summed E-state index contributed by atoms with van der Waals surface area (Å²) in [6.45, 7) is 2.73. The van der Waals surface area contributed by atoms with Crippen molar-refractivity contribution in [1.29, 1.82) is 0 Å². The molecule has 0 heterocycles. The van der Waals surface area contributed by atoms with E-state index in [1.807, 2.05) is 49.4 Å². The van der Waals surface area contributed by atoms with Crippen molar-refractivity contribution in [2.24, 2.45) is 5.10 Å². The van der Waals surface area contributed by atoms with Crippen molar-refractivity contribution >= 4 is 29.5 Å². The van der Waals surface area contributed by atoms with Gasteiger partial charge in [0.25, 0.3) is 0 Å². The van der Waals surface area contributed by atoms with Crippen LogP contribution in [0.1, 0.15) is 11.1 Å². The van der Waals surface area contributed by atoms with Crippen LogP contribution >= 0.6 is 11.6 Å². The van der Waals surface area contributed by atoms with Crippen LogP contribution in [0.15, 0.2) is 77.9 Å². The standard InChI is InChI=1S/C23H22ClN3O3/c1-17-7-5-6-10-21(17)29-13-14-30-22-12-11-19(24)15-18(22)16-25-27-23(28)26-20-8-3-2-4-9-20/h2-12,15-16H,13-14H2,1H3,(H2,26,27,28)/b25-16-. The zero-order chi connectivity index (χ0) is 21.2. The molecule has 0 bridgehead atoms. The molecule has 0 aliphatic carbocycles. The van der Waals surface area contributed by atoms with Crippen LogP contribution in [0.25, 0.3) is 0 Å². The van der Waals surface area contributed by atoms with Crippen molar-refractivity contribution in [3.05, 3.63) is 88.9 Å². The molecule has 0 saturated heterocycles. The highest BCUT2D eigenvalue weighted by Gasteiger charge is 2.05. The lowest BCUT2D eigenvalue weighted by Crippen LogP contribution is -2.24. The van der Waals surface area contributed by atoms with E-state index in [1.165, 1.54) is 6.21 Å². The second-order valence-electron chi connectivity index (χ2n) is 6.33. The Morgan fingerprint density at radius 1 is 0.967 bits per heavy atom. The highest BCUT2D eigenvalue weighted by atomic mass is 35.5. The number of rotatable bonds is 8. The molecule has 0 spiro atoms. The molecule has 2 N–H and O–H groups in total. The largest absolute Gasteiger partial charge is 0.490 e. The molecule has 0 saturated carbocycles. The van der Waals surface area contributed by atoms with Gasteiger partial charge < -0.3 is 14.8 Å². The maximum Gasteiger partial charge on any atom is 0.339 e. The number of hydrogen-bond acceptors (Lipinski definition) is 4. The summed E-state index contributed by atoms with van der Waals surface area (Å²) in [4.78, 5) is 11.9. The van der Waals surface area contributed by atoms with Crippen molar-refractivity contribution in [2.45, 2.75) is 6.92 Å². The van der Waals surface area contributed by atoms with Gasteiger partial charge in [0.15, 0.2) is 0 Å². The number of nitrogens with zero attached hydrogens (tertiary/aromatic N) is 1. The summed E-state index contributed by atoms with van der Waals surface area (Å²) in [7, 11) is 0. The lowest BCUT2D eigenvalue weighted by atomic mass is 10.2. The van der Waals surface area contributed by atoms with E-state index < -0.39 is 6.03 Å². The molecule has 7 heteroatoms. The fourth-order valence-electron chi connectivity index (χ4n) is 2.61. The number of benzene rings is 3. The number of amides is 2. The Labute approximate surface area is 180 Å². The van der Waals surface area contributed by atoms with Crippen molar-refractivity contribution < 1.29 is 14.3 Å². The monoisotopic (exact) mass is 423 g/mol. The Morgan fingerprint density at radius 3 is 2.43 bits per heavy atom. The average molecular weight is 424 g/mol. The number of hydrazone groups is 1. The van der Waals surface area contributed by atoms with Gasteiger partial charge in [-0.3, -0.25) is 0 Å². The van der Waals surface area contributed by atoms with Crippen LogP contribution < -0.4 is 20.2 Å². The molecule has 30 heavy (non-hydrogen) atoms. The molecular formula is C23H22ClN3O3. The van der Waals surface area contributed by atoms with E-state index in [9.17, 15) is 4.79 Å². The maximum atomic E-state index is 11.9. The molecule has 0 fully saturated rings. The molecule has 3 aromatic rings. The number of para-hydroxylation sites is 2. The number of anilines is 1. The Balaban J connectivity index is 1.53. The molecular weight excluding hydrogens is 402 g/mol. The van der Waals surface area contributed by atoms with Gasteiger partial charge in [0.2, 0.25) is 0 Å². The molecule has 2 amide bonds. The van der Waals surface area contributed by atoms with E-state index in [1.54, 1.807) is 30.3 Å². The third-order valence-electron chi connectivity index (χ3n) is 4.07. The van der Waals surface area contributed by atoms with Crippen molar-refractivity contribution in [3.8, 4) is 11.5 Å². The van der Waals surface area contributed by atoms with Crippen LogP contribution in [0, 0.1) is 6.92 Å². The first kappa shape index (κ1) is 21.2. The van der Waals surface area contributed by atoms with E-state index in [-0.39, 0.29) is 0 Å². The quantitative estimate of drug-likeness (QED) is 0.295. The predicted octanol–water partition coefficient (Wildman–Crippen LogP) is 5.26. The molecule has 154 valence electrons. The summed E-state index contributed by atoms with van der Waals surface area (Å²) in [6.07, 6.45) is 1.48.